The minimum atomic E-state index is -0.478. The molecule has 0 aromatic carbocycles. The van der Waals surface area contributed by atoms with Gasteiger partial charge in [0, 0.05) is 6.42 Å². The Balaban J connectivity index is 2.35. The van der Waals surface area contributed by atoms with Crippen molar-refractivity contribution in [1.29, 1.82) is 0 Å². The monoisotopic (exact) mass is 350 g/mol. The second-order valence-electron chi connectivity index (χ2n) is 7.33. The summed E-state index contributed by atoms with van der Waals surface area (Å²) >= 11 is 0. The van der Waals surface area contributed by atoms with E-state index in [4.69, 9.17) is 9.47 Å². The van der Waals surface area contributed by atoms with E-state index >= 15 is 0 Å². The van der Waals surface area contributed by atoms with Crippen molar-refractivity contribution in [2.75, 3.05) is 6.61 Å². The lowest BCUT2D eigenvalue weighted by atomic mass is 9.82. The van der Waals surface area contributed by atoms with Crippen LogP contribution in [0.4, 0.5) is 0 Å². The summed E-state index contributed by atoms with van der Waals surface area (Å²) in [6.45, 7) is 7.56. The molecule has 140 valence electrons. The maximum Gasteiger partial charge on any atom is 0.309 e. The number of aliphatic hydroxyl groups is 1. The number of esters is 2. The number of aliphatic hydroxyl groups excluding tert-OH is 1. The van der Waals surface area contributed by atoms with Gasteiger partial charge in [-0.2, -0.15) is 0 Å². The maximum atomic E-state index is 12.4. The molecule has 0 saturated carbocycles. The number of fused-ring (bicyclic) bond motifs is 1. The highest BCUT2D eigenvalue weighted by Gasteiger charge is 2.47. The Morgan fingerprint density at radius 1 is 1.48 bits per heavy atom. The largest absolute Gasteiger partial charge is 0.461 e. The van der Waals surface area contributed by atoms with E-state index in [1.165, 1.54) is 0 Å². The quantitative estimate of drug-likeness (QED) is 0.623. The third-order valence-electron chi connectivity index (χ3n) is 5.38. The molecule has 5 unspecified atom stereocenters. The van der Waals surface area contributed by atoms with Crippen molar-refractivity contribution >= 4 is 11.9 Å². The van der Waals surface area contributed by atoms with E-state index in [-0.39, 0.29) is 42.4 Å². The molecule has 1 aliphatic heterocycles. The van der Waals surface area contributed by atoms with Gasteiger partial charge in [-0.1, -0.05) is 32.4 Å². The predicted octanol–water partition coefficient (Wildman–Crippen LogP) is 3.17. The Kier molecular flexibility index (Phi) is 6.82. The van der Waals surface area contributed by atoms with E-state index in [1.54, 1.807) is 0 Å². The fraction of sp³-hybridized carbons (Fsp3) is 0.700. The van der Waals surface area contributed by atoms with Crippen LogP contribution in [0, 0.1) is 17.8 Å². The number of rotatable bonds is 4. The number of ether oxygens (including phenoxy) is 2. The predicted molar refractivity (Wildman–Crippen MR) is 94.6 cm³/mol. The molecule has 0 aromatic rings. The standard InChI is InChI=1S/C20H30O5/c1-5-13(3)19(22)24-17-10-15(11-21)8-6-7-12(2)9-16-18(17)14(4)20(23)25-16/h8-9,13-14,16-18,21H,5-7,10-11H2,1-4H3. The van der Waals surface area contributed by atoms with Gasteiger partial charge in [-0.3, -0.25) is 9.59 Å². The zero-order chi connectivity index (χ0) is 18.6. The molecule has 0 aromatic heterocycles. The molecular weight excluding hydrogens is 320 g/mol. The number of carbonyl (C=O) groups is 2. The first-order chi connectivity index (χ1) is 11.9. The fourth-order valence-corrected chi connectivity index (χ4v) is 3.47. The molecule has 5 nitrogen and oxygen atoms in total. The molecule has 5 atom stereocenters. The van der Waals surface area contributed by atoms with Crippen LogP contribution >= 0.6 is 0 Å². The lowest BCUT2D eigenvalue weighted by Gasteiger charge is -2.30. The summed E-state index contributed by atoms with van der Waals surface area (Å²) in [6, 6.07) is 0. The molecular formula is C20H30O5. The highest BCUT2D eigenvalue weighted by Crippen LogP contribution is 2.37. The van der Waals surface area contributed by atoms with Crippen LogP contribution in [0.1, 0.15) is 53.4 Å². The molecule has 1 aliphatic carbocycles. The third-order valence-corrected chi connectivity index (χ3v) is 5.38. The van der Waals surface area contributed by atoms with Gasteiger partial charge in [0.05, 0.1) is 24.4 Å². The van der Waals surface area contributed by atoms with Gasteiger partial charge < -0.3 is 14.6 Å². The molecule has 5 heteroatoms. The Labute approximate surface area is 150 Å². The van der Waals surface area contributed by atoms with Crippen LogP contribution in [0.2, 0.25) is 0 Å². The Morgan fingerprint density at radius 2 is 2.20 bits per heavy atom. The van der Waals surface area contributed by atoms with Crippen LogP contribution in [-0.2, 0) is 19.1 Å². The minimum absolute atomic E-state index is 0.0687. The van der Waals surface area contributed by atoms with E-state index in [9.17, 15) is 14.7 Å². The zero-order valence-electron chi connectivity index (χ0n) is 15.7. The number of allylic oxidation sites excluding steroid dienone is 2. The molecule has 1 heterocycles. The topological polar surface area (TPSA) is 72.8 Å². The number of hydrogen-bond donors (Lipinski definition) is 1. The average molecular weight is 350 g/mol. The minimum Gasteiger partial charge on any atom is -0.461 e. The van der Waals surface area contributed by atoms with Crippen molar-refractivity contribution in [3.63, 3.8) is 0 Å². The van der Waals surface area contributed by atoms with Crippen LogP contribution in [-0.4, -0.2) is 35.9 Å². The summed E-state index contributed by atoms with van der Waals surface area (Å²) in [5, 5.41) is 9.68. The van der Waals surface area contributed by atoms with Crippen molar-refractivity contribution in [3.05, 3.63) is 23.3 Å². The van der Waals surface area contributed by atoms with Crippen LogP contribution in [0.15, 0.2) is 23.3 Å². The van der Waals surface area contributed by atoms with E-state index in [0.29, 0.717) is 12.8 Å². The Hall–Kier alpha value is -1.62. The number of carbonyl (C=O) groups excluding carboxylic acids is 2. The second-order valence-corrected chi connectivity index (χ2v) is 7.33. The van der Waals surface area contributed by atoms with E-state index < -0.39 is 6.10 Å². The normalized spacial score (nSPS) is 31.3. The van der Waals surface area contributed by atoms with Crippen LogP contribution in [0.25, 0.3) is 0 Å². The van der Waals surface area contributed by atoms with Crippen molar-refractivity contribution in [3.8, 4) is 0 Å². The van der Waals surface area contributed by atoms with Crippen molar-refractivity contribution in [1.82, 2.24) is 0 Å². The molecule has 0 amide bonds. The smallest absolute Gasteiger partial charge is 0.309 e. The summed E-state index contributed by atoms with van der Waals surface area (Å²) < 4.78 is 11.4. The van der Waals surface area contributed by atoms with Crippen LogP contribution in [0.5, 0.6) is 0 Å². The average Bonchev–Trinajstić information content (AvgIpc) is 2.85. The highest BCUT2D eigenvalue weighted by atomic mass is 16.6. The van der Waals surface area contributed by atoms with Gasteiger partial charge in [-0.25, -0.2) is 0 Å². The first-order valence-corrected chi connectivity index (χ1v) is 9.24. The van der Waals surface area contributed by atoms with Gasteiger partial charge in [-0.05, 0) is 37.8 Å². The Bertz CT molecular complexity index is 562. The Morgan fingerprint density at radius 3 is 2.84 bits per heavy atom. The summed E-state index contributed by atoms with van der Waals surface area (Å²) in [5.74, 6) is -1.28. The summed E-state index contributed by atoms with van der Waals surface area (Å²) in [5.41, 5.74) is 1.99. The first-order valence-electron chi connectivity index (χ1n) is 9.24. The van der Waals surface area contributed by atoms with E-state index in [2.05, 4.69) is 0 Å². The molecule has 0 spiro atoms. The first kappa shape index (κ1) is 19.7. The SMILES string of the molecule is CCC(C)C(=O)OC1CC(CO)=CCCC(C)=CC2OC(=O)C(C)C21. The second kappa shape index (κ2) is 8.65. The van der Waals surface area contributed by atoms with Crippen LogP contribution in [0.3, 0.4) is 0 Å². The van der Waals surface area contributed by atoms with Gasteiger partial charge in [0.2, 0.25) is 0 Å². The summed E-state index contributed by atoms with van der Waals surface area (Å²) in [4.78, 5) is 24.5. The third kappa shape index (κ3) is 4.72. The molecule has 1 saturated heterocycles. The lowest BCUT2D eigenvalue weighted by Crippen LogP contribution is -2.37. The highest BCUT2D eigenvalue weighted by molar-refractivity contribution is 5.76. The fourth-order valence-electron chi connectivity index (χ4n) is 3.47. The van der Waals surface area contributed by atoms with Gasteiger partial charge in [-0.15, -0.1) is 0 Å². The van der Waals surface area contributed by atoms with E-state index in [0.717, 1.165) is 24.0 Å². The molecule has 0 radical (unpaired) electrons. The molecule has 0 bridgehead atoms. The zero-order valence-corrected chi connectivity index (χ0v) is 15.7. The van der Waals surface area contributed by atoms with Gasteiger partial charge in [0.25, 0.3) is 0 Å². The van der Waals surface area contributed by atoms with Gasteiger partial charge in [0.15, 0.2) is 0 Å². The van der Waals surface area contributed by atoms with Gasteiger partial charge >= 0.3 is 11.9 Å². The van der Waals surface area contributed by atoms with Crippen molar-refractivity contribution in [2.45, 2.75) is 65.6 Å². The molecule has 1 fully saturated rings. The lowest BCUT2D eigenvalue weighted by molar-refractivity contribution is -0.157. The number of hydrogen-bond acceptors (Lipinski definition) is 5. The summed E-state index contributed by atoms with van der Waals surface area (Å²) in [7, 11) is 0. The molecule has 2 rings (SSSR count). The maximum absolute atomic E-state index is 12.4. The van der Waals surface area contributed by atoms with Crippen molar-refractivity contribution < 1.29 is 24.2 Å². The van der Waals surface area contributed by atoms with Gasteiger partial charge in [0.1, 0.15) is 12.2 Å². The van der Waals surface area contributed by atoms with E-state index in [1.807, 2.05) is 39.8 Å². The molecule has 2 aliphatic rings. The molecule has 25 heavy (non-hydrogen) atoms. The van der Waals surface area contributed by atoms with Crippen LogP contribution < -0.4 is 0 Å². The van der Waals surface area contributed by atoms with Crippen molar-refractivity contribution in [2.24, 2.45) is 17.8 Å². The summed E-state index contributed by atoms with van der Waals surface area (Å²) in [6.07, 6.45) is 5.96. The molecule has 1 N–H and O–H groups in total.